The second-order valence-electron chi connectivity index (χ2n) is 3.94. The number of benzene rings is 2. The first kappa shape index (κ1) is 14.4. The molecular formula is C12H10Br2N2O2S. The third kappa shape index (κ3) is 3.10. The fraction of sp³-hybridized carbons (Fsp3) is 0. The van der Waals surface area contributed by atoms with Crippen LogP contribution in [0, 0.1) is 0 Å². The summed E-state index contributed by atoms with van der Waals surface area (Å²) in [6.07, 6.45) is 0. The lowest BCUT2D eigenvalue weighted by Gasteiger charge is -2.08. The van der Waals surface area contributed by atoms with Crippen LogP contribution in [-0.4, -0.2) is 8.42 Å². The number of halogens is 2. The third-order valence-corrected chi connectivity index (χ3v) is 5.04. The van der Waals surface area contributed by atoms with Gasteiger partial charge < -0.3 is 11.5 Å². The zero-order valence-corrected chi connectivity index (χ0v) is 13.6. The summed E-state index contributed by atoms with van der Waals surface area (Å²) in [6.45, 7) is 0. The van der Waals surface area contributed by atoms with Crippen LogP contribution in [0.1, 0.15) is 0 Å². The Morgan fingerprint density at radius 2 is 1.11 bits per heavy atom. The third-order valence-electron chi connectivity index (χ3n) is 2.41. The second-order valence-corrected chi connectivity index (χ2v) is 7.73. The van der Waals surface area contributed by atoms with Crippen LogP contribution >= 0.6 is 31.9 Å². The largest absolute Gasteiger partial charge is 0.399 e. The molecule has 0 saturated carbocycles. The van der Waals surface area contributed by atoms with Crippen molar-refractivity contribution in [2.75, 3.05) is 11.5 Å². The maximum atomic E-state index is 12.5. The topological polar surface area (TPSA) is 86.2 Å². The van der Waals surface area contributed by atoms with Crippen LogP contribution < -0.4 is 11.5 Å². The Morgan fingerprint density at radius 1 is 0.737 bits per heavy atom. The van der Waals surface area contributed by atoms with Gasteiger partial charge in [-0.3, -0.25) is 0 Å². The molecule has 4 nitrogen and oxygen atoms in total. The fourth-order valence-electron chi connectivity index (χ4n) is 1.62. The van der Waals surface area contributed by atoms with Crippen molar-refractivity contribution in [2.24, 2.45) is 0 Å². The average molecular weight is 406 g/mol. The van der Waals surface area contributed by atoms with Gasteiger partial charge in [-0.25, -0.2) is 8.42 Å². The molecule has 4 N–H and O–H groups in total. The fourth-order valence-corrected chi connectivity index (χ4v) is 4.36. The highest BCUT2D eigenvalue weighted by Gasteiger charge is 2.19. The van der Waals surface area contributed by atoms with Crippen LogP contribution in [0.25, 0.3) is 0 Å². The van der Waals surface area contributed by atoms with Gasteiger partial charge in [0.25, 0.3) is 0 Å². The molecule has 0 spiro atoms. The molecule has 0 bridgehead atoms. The van der Waals surface area contributed by atoms with E-state index < -0.39 is 9.84 Å². The van der Waals surface area contributed by atoms with E-state index in [1.165, 1.54) is 24.3 Å². The number of hydrogen-bond acceptors (Lipinski definition) is 4. The molecule has 0 heterocycles. The Bertz CT molecular complexity index is 647. The number of nitrogen functional groups attached to an aromatic ring is 2. The van der Waals surface area contributed by atoms with Crippen LogP contribution in [0.3, 0.4) is 0 Å². The van der Waals surface area contributed by atoms with Crippen molar-refractivity contribution >= 4 is 53.1 Å². The van der Waals surface area contributed by atoms with Crippen LogP contribution in [0.5, 0.6) is 0 Å². The smallest absolute Gasteiger partial charge is 0.206 e. The van der Waals surface area contributed by atoms with Gasteiger partial charge >= 0.3 is 0 Å². The lowest BCUT2D eigenvalue weighted by atomic mass is 10.3. The van der Waals surface area contributed by atoms with Gasteiger partial charge in [-0.1, -0.05) is 31.9 Å². The van der Waals surface area contributed by atoms with E-state index in [1.54, 1.807) is 12.1 Å². The van der Waals surface area contributed by atoms with Crippen molar-refractivity contribution in [1.82, 2.24) is 0 Å². The van der Waals surface area contributed by atoms with Crippen molar-refractivity contribution in [3.05, 3.63) is 45.3 Å². The van der Waals surface area contributed by atoms with E-state index in [9.17, 15) is 8.42 Å². The highest BCUT2D eigenvalue weighted by Crippen LogP contribution is 2.29. The number of anilines is 2. The van der Waals surface area contributed by atoms with Gasteiger partial charge in [-0.05, 0) is 36.4 Å². The van der Waals surface area contributed by atoms with Gasteiger partial charge in [0.05, 0.1) is 9.79 Å². The van der Waals surface area contributed by atoms with Gasteiger partial charge in [-0.15, -0.1) is 0 Å². The van der Waals surface area contributed by atoms with Crippen molar-refractivity contribution in [3.63, 3.8) is 0 Å². The minimum Gasteiger partial charge on any atom is -0.399 e. The van der Waals surface area contributed by atoms with Crippen molar-refractivity contribution in [1.29, 1.82) is 0 Å². The molecule has 2 aromatic carbocycles. The SMILES string of the molecule is Nc1cc(Br)cc(S(=O)(=O)c2cc(N)cc(Br)c2)c1. The maximum Gasteiger partial charge on any atom is 0.206 e. The zero-order chi connectivity index (χ0) is 14.2. The molecule has 0 atom stereocenters. The minimum absolute atomic E-state index is 0.122. The number of hydrogen-bond donors (Lipinski definition) is 2. The predicted molar refractivity (Wildman–Crippen MR) is 82.6 cm³/mol. The second kappa shape index (κ2) is 5.15. The summed E-state index contributed by atoms with van der Waals surface area (Å²) in [4.78, 5) is 0.244. The van der Waals surface area contributed by atoms with E-state index in [1.807, 2.05) is 0 Å². The molecule has 100 valence electrons. The van der Waals surface area contributed by atoms with E-state index in [0.717, 1.165) is 0 Å². The molecule has 0 unspecified atom stereocenters. The Kier molecular flexibility index (Phi) is 3.89. The highest BCUT2D eigenvalue weighted by molar-refractivity contribution is 9.10. The normalized spacial score (nSPS) is 11.5. The Balaban J connectivity index is 2.65. The van der Waals surface area contributed by atoms with E-state index in [2.05, 4.69) is 31.9 Å². The summed E-state index contributed by atoms with van der Waals surface area (Å²) >= 11 is 6.46. The van der Waals surface area contributed by atoms with Crippen LogP contribution in [0.2, 0.25) is 0 Å². The van der Waals surface area contributed by atoms with E-state index in [0.29, 0.717) is 20.3 Å². The summed E-state index contributed by atoms with van der Waals surface area (Å²) in [5.74, 6) is 0. The number of rotatable bonds is 2. The summed E-state index contributed by atoms with van der Waals surface area (Å²) in [6, 6.07) is 9.10. The molecule has 0 saturated heterocycles. The van der Waals surface area contributed by atoms with Gasteiger partial charge in [-0.2, -0.15) is 0 Å². The minimum atomic E-state index is -3.65. The van der Waals surface area contributed by atoms with Gasteiger partial charge in [0.1, 0.15) is 0 Å². The highest BCUT2D eigenvalue weighted by atomic mass is 79.9. The summed E-state index contributed by atoms with van der Waals surface area (Å²) in [5, 5.41) is 0. The van der Waals surface area contributed by atoms with E-state index >= 15 is 0 Å². The summed E-state index contributed by atoms with van der Waals surface area (Å²) in [5.41, 5.74) is 12.1. The molecule has 0 radical (unpaired) electrons. The monoisotopic (exact) mass is 404 g/mol. The molecule has 0 fully saturated rings. The average Bonchev–Trinajstić information content (AvgIpc) is 2.26. The first-order chi connectivity index (χ1) is 8.79. The molecule has 0 aliphatic rings. The maximum absolute atomic E-state index is 12.5. The summed E-state index contributed by atoms with van der Waals surface area (Å²) < 4.78 is 26.2. The van der Waals surface area contributed by atoms with E-state index in [-0.39, 0.29) is 9.79 Å². The van der Waals surface area contributed by atoms with Crippen molar-refractivity contribution < 1.29 is 8.42 Å². The molecule has 19 heavy (non-hydrogen) atoms. The lowest BCUT2D eigenvalue weighted by Crippen LogP contribution is -2.04. The predicted octanol–water partition coefficient (Wildman–Crippen LogP) is 3.21. The Labute approximate surface area is 128 Å². The molecule has 7 heteroatoms. The van der Waals surface area contributed by atoms with Gasteiger partial charge in [0, 0.05) is 20.3 Å². The van der Waals surface area contributed by atoms with Crippen molar-refractivity contribution in [2.45, 2.75) is 9.79 Å². The molecule has 0 aromatic heterocycles. The van der Waals surface area contributed by atoms with E-state index in [4.69, 9.17) is 11.5 Å². The first-order valence-corrected chi connectivity index (χ1v) is 8.23. The summed E-state index contributed by atoms with van der Waals surface area (Å²) in [7, 11) is -3.65. The molecular weight excluding hydrogens is 396 g/mol. The van der Waals surface area contributed by atoms with Gasteiger partial charge in [0.2, 0.25) is 9.84 Å². The van der Waals surface area contributed by atoms with Crippen LogP contribution in [0.15, 0.2) is 55.1 Å². The van der Waals surface area contributed by atoms with Crippen LogP contribution in [0.4, 0.5) is 11.4 Å². The number of nitrogens with two attached hydrogens (primary N) is 2. The quantitative estimate of drug-likeness (QED) is 0.751. The molecule has 0 aliphatic heterocycles. The molecule has 0 amide bonds. The van der Waals surface area contributed by atoms with Crippen LogP contribution in [-0.2, 0) is 9.84 Å². The number of sulfone groups is 1. The standard InChI is InChI=1S/C12H10Br2N2O2S/c13-7-1-9(15)5-11(3-7)19(17,18)12-4-8(14)2-10(16)6-12/h1-6H,15-16H2. The zero-order valence-electron chi connectivity index (χ0n) is 9.60. The van der Waals surface area contributed by atoms with Gasteiger partial charge in [0.15, 0.2) is 0 Å². The molecule has 2 rings (SSSR count). The first-order valence-electron chi connectivity index (χ1n) is 5.16. The Morgan fingerprint density at radius 3 is 1.42 bits per heavy atom. The molecule has 0 aliphatic carbocycles. The Hall–Kier alpha value is -1.05. The van der Waals surface area contributed by atoms with Crippen molar-refractivity contribution in [3.8, 4) is 0 Å². The molecule has 2 aromatic rings. The lowest BCUT2D eigenvalue weighted by molar-refractivity contribution is 0.596.